The van der Waals surface area contributed by atoms with Gasteiger partial charge in [0.2, 0.25) is 11.8 Å². The minimum Gasteiger partial charge on any atom is -0.495 e. The number of benzene rings is 2. The van der Waals surface area contributed by atoms with Crippen LogP contribution in [-0.4, -0.2) is 30.4 Å². The first-order valence-electron chi connectivity index (χ1n) is 7.87. The zero-order valence-electron chi connectivity index (χ0n) is 14.6. The Morgan fingerprint density at radius 1 is 0.960 bits per heavy atom. The minimum atomic E-state index is -0.173. The van der Waals surface area contributed by atoms with Crippen molar-refractivity contribution >= 4 is 35.0 Å². The van der Waals surface area contributed by atoms with E-state index in [-0.39, 0.29) is 23.3 Å². The van der Waals surface area contributed by atoms with Gasteiger partial charge < -0.3 is 15.4 Å². The molecule has 0 aromatic heterocycles. The fourth-order valence-electron chi connectivity index (χ4n) is 2.19. The quantitative estimate of drug-likeness (QED) is 0.793. The Bertz CT molecular complexity index is 762. The van der Waals surface area contributed by atoms with Gasteiger partial charge in [-0.15, -0.1) is 11.8 Å². The first kappa shape index (κ1) is 18.9. The Balaban J connectivity index is 1.76. The van der Waals surface area contributed by atoms with E-state index in [1.807, 2.05) is 44.2 Å². The highest BCUT2D eigenvalue weighted by molar-refractivity contribution is 8.00. The molecule has 2 aromatic rings. The number of nitrogens with one attached hydrogen (secondary N) is 2. The van der Waals surface area contributed by atoms with Crippen molar-refractivity contribution in [3.8, 4) is 5.75 Å². The average Bonchev–Trinajstić information content (AvgIpc) is 2.58. The standard InChI is InChI=1S/C19H22N2O3S/c1-13-8-9-15(10-14(13)2)20-18(22)11-25-12-19(23)21-16-6-4-5-7-17(16)24-3/h4-10H,11-12H2,1-3H3,(H,20,22)(H,21,23). The van der Waals surface area contributed by atoms with Gasteiger partial charge in [0.1, 0.15) is 5.75 Å². The molecule has 0 saturated heterocycles. The van der Waals surface area contributed by atoms with Crippen molar-refractivity contribution in [3.63, 3.8) is 0 Å². The molecule has 0 aliphatic rings. The zero-order valence-corrected chi connectivity index (χ0v) is 15.4. The molecule has 0 saturated carbocycles. The normalized spacial score (nSPS) is 10.2. The van der Waals surface area contributed by atoms with Crippen LogP contribution in [0, 0.1) is 13.8 Å². The van der Waals surface area contributed by atoms with Gasteiger partial charge in [-0.05, 0) is 49.2 Å². The van der Waals surface area contributed by atoms with Gasteiger partial charge in [0.05, 0.1) is 24.3 Å². The summed E-state index contributed by atoms with van der Waals surface area (Å²) in [5.41, 5.74) is 3.70. The highest BCUT2D eigenvalue weighted by Crippen LogP contribution is 2.23. The van der Waals surface area contributed by atoms with Crippen molar-refractivity contribution in [1.82, 2.24) is 0 Å². The molecule has 2 aromatic carbocycles. The topological polar surface area (TPSA) is 67.4 Å². The van der Waals surface area contributed by atoms with Crippen LogP contribution in [0.25, 0.3) is 0 Å². The zero-order chi connectivity index (χ0) is 18.2. The Hall–Kier alpha value is -2.47. The number of thioether (sulfide) groups is 1. The number of ether oxygens (including phenoxy) is 1. The van der Waals surface area contributed by atoms with Gasteiger partial charge in [-0.25, -0.2) is 0 Å². The van der Waals surface area contributed by atoms with Crippen molar-refractivity contribution < 1.29 is 14.3 Å². The Morgan fingerprint density at radius 2 is 1.64 bits per heavy atom. The second-order valence-electron chi connectivity index (χ2n) is 5.59. The van der Waals surface area contributed by atoms with Gasteiger partial charge in [0, 0.05) is 5.69 Å². The number of methoxy groups -OCH3 is 1. The van der Waals surface area contributed by atoms with Crippen LogP contribution in [0.3, 0.4) is 0 Å². The SMILES string of the molecule is COc1ccccc1NC(=O)CSCC(=O)Nc1ccc(C)c(C)c1. The lowest BCUT2D eigenvalue weighted by atomic mass is 10.1. The van der Waals surface area contributed by atoms with E-state index in [1.165, 1.54) is 17.3 Å². The molecule has 25 heavy (non-hydrogen) atoms. The maximum Gasteiger partial charge on any atom is 0.234 e. The van der Waals surface area contributed by atoms with E-state index in [4.69, 9.17) is 4.74 Å². The minimum absolute atomic E-state index is 0.127. The fourth-order valence-corrected chi connectivity index (χ4v) is 2.80. The summed E-state index contributed by atoms with van der Waals surface area (Å²) < 4.78 is 5.19. The second-order valence-corrected chi connectivity index (χ2v) is 6.57. The monoisotopic (exact) mass is 358 g/mol. The first-order valence-corrected chi connectivity index (χ1v) is 9.03. The molecule has 5 nitrogen and oxygen atoms in total. The number of hydrogen-bond donors (Lipinski definition) is 2. The van der Waals surface area contributed by atoms with Crippen molar-refractivity contribution in [1.29, 1.82) is 0 Å². The third-order valence-corrected chi connectivity index (χ3v) is 4.57. The van der Waals surface area contributed by atoms with Crippen LogP contribution in [0.5, 0.6) is 5.75 Å². The Labute approximate surface area is 152 Å². The predicted octanol–water partition coefficient (Wildman–Crippen LogP) is 3.62. The molecular weight excluding hydrogens is 336 g/mol. The van der Waals surface area contributed by atoms with Crippen LogP contribution in [0.1, 0.15) is 11.1 Å². The number of para-hydroxylation sites is 2. The summed E-state index contributed by atoms with van der Waals surface area (Å²) in [5.74, 6) is 0.713. The summed E-state index contributed by atoms with van der Waals surface area (Å²) in [7, 11) is 1.55. The lowest BCUT2D eigenvalue weighted by molar-refractivity contribution is -0.114. The van der Waals surface area contributed by atoms with E-state index in [0.717, 1.165) is 11.3 Å². The van der Waals surface area contributed by atoms with Gasteiger partial charge in [-0.1, -0.05) is 18.2 Å². The largest absolute Gasteiger partial charge is 0.495 e. The molecule has 132 valence electrons. The molecule has 0 radical (unpaired) electrons. The van der Waals surface area contributed by atoms with Crippen molar-refractivity contribution in [2.45, 2.75) is 13.8 Å². The number of carbonyl (C=O) groups excluding carboxylic acids is 2. The van der Waals surface area contributed by atoms with Crippen LogP contribution in [0.4, 0.5) is 11.4 Å². The van der Waals surface area contributed by atoms with Crippen molar-refractivity contribution in [2.75, 3.05) is 29.2 Å². The van der Waals surface area contributed by atoms with Gasteiger partial charge in [0.25, 0.3) is 0 Å². The lowest BCUT2D eigenvalue weighted by Crippen LogP contribution is -2.18. The summed E-state index contributed by atoms with van der Waals surface area (Å²) in [4.78, 5) is 23.9. The fraction of sp³-hybridized carbons (Fsp3) is 0.263. The van der Waals surface area contributed by atoms with E-state index in [0.29, 0.717) is 11.4 Å². The lowest BCUT2D eigenvalue weighted by Gasteiger charge is -2.10. The Kier molecular flexibility index (Phi) is 6.89. The molecule has 2 rings (SSSR count). The van der Waals surface area contributed by atoms with Crippen molar-refractivity contribution in [2.24, 2.45) is 0 Å². The third kappa shape index (κ3) is 5.83. The number of amides is 2. The van der Waals surface area contributed by atoms with Crippen LogP contribution < -0.4 is 15.4 Å². The first-order chi connectivity index (χ1) is 12.0. The predicted molar refractivity (Wildman–Crippen MR) is 103 cm³/mol. The highest BCUT2D eigenvalue weighted by atomic mass is 32.2. The van der Waals surface area contributed by atoms with E-state index in [1.54, 1.807) is 19.2 Å². The van der Waals surface area contributed by atoms with E-state index < -0.39 is 0 Å². The molecule has 0 fully saturated rings. The summed E-state index contributed by atoms with van der Waals surface area (Å²) in [6.07, 6.45) is 0. The molecule has 0 bridgehead atoms. The number of aryl methyl sites for hydroxylation is 2. The molecule has 0 aliphatic heterocycles. The van der Waals surface area contributed by atoms with Gasteiger partial charge in [0.15, 0.2) is 0 Å². The molecular formula is C19H22N2O3S. The molecule has 0 spiro atoms. The number of hydrogen-bond acceptors (Lipinski definition) is 4. The maximum atomic E-state index is 12.0. The number of rotatable bonds is 7. The average molecular weight is 358 g/mol. The third-order valence-electron chi connectivity index (χ3n) is 3.64. The van der Waals surface area contributed by atoms with Crippen molar-refractivity contribution in [3.05, 3.63) is 53.6 Å². The molecule has 2 amide bonds. The molecule has 0 unspecified atom stereocenters. The summed E-state index contributed by atoms with van der Waals surface area (Å²) in [6.45, 7) is 4.03. The summed E-state index contributed by atoms with van der Waals surface area (Å²) in [6, 6.07) is 13.0. The molecule has 6 heteroatoms. The number of anilines is 2. The molecule has 0 heterocycles. The van der Waals surface area contributed by atoms with Crippen LogP contribution >= 0.6 is 11.8 Å². The maximum absolute atomic E-state index is 12.0. The number of carbonyl (C=O) groups is 2. The van der Waals surface area contributed by atoms with Crippen LogP contribution in [-0.2, 0) is 9.59 Å². The van der Waals surface area contributed by atoms with E-state index in [2.05, 4.69) is 10.6 Å². The van der Waals surface area contributed by atoms with Gasteiger partial charge >= 0.3 is 0 Å². The second kappa shape index (κ2) is 9.13. The molecule has 0 atom stereocenters. The van der Waals surface area contributed by atoms with E-state index in [9.17, 15) is 9.59 Å². The Morgan fingerprint density at radius 3 is 2.32 bits per heavy atom. The van der Waals surface area contributed by atoms with Gasteiger partial charge in [-0.2, -0.15) is 0 Å². The summed E-state index contributed by atoms with van der Waals surface area (Å²) in [5, 5.41) is 5.62. The molecule has 2 N–H and O–H groups in total. The van der Waals surface area contributed by atoms with E-state index >= 15 is 0 Å². The van der Waals surface area contributed by atoms with Crippen LogP contribution in [0.15, 0.2) is 42.5 Å². The van der Waals surface area contributed by atoms with Gasteiger partial charge in [-0.3, -0.25) is 9.59 Å². The van der Waals surface area contributed by atoms with Crippen LogP contribution in [0.2, 0.25) is 0 Å². The highest BCUT2D eigenvalue weighted by Gasteiger charge is 2.09. The summed E-state index contributed by atoms with van der Waals surface area (Å²) >= 11 is 1.26. The molecule has 0 aliphatic carbocycles. The smallest absolute Gasteiger partial charge is 0.234 e.